The highest BCUT2D eigenvalue weighted by atomic mass is 16.7. The molecule has 0 aromatic rings. The van der Waals surface area contributed by atoms with Gasteiger partial charge in [-0.25, -0.2) is 0 Å². The molecule has 3 aliphatic heterocycles. The van der Waals surface area contributed by atoms with Crippen molar-refractivity contribution in [2.75, 3.05) is 39.5 Å². The number of fused-ring (bicyclic) bond motifs is 4. The molecule has 274 valence electrons. The number of morpholine rings is 1. The topological polar surface area (TPSA) is 89.9 Å². The van der Waals surface area contributed by atoms with E-state index in [0.29, 0.717) is 41.1 Å². The number of aliphatic hydroxyl groups excluding tert-OH is 1. The van der Waals surface area contributed by atoms with Crippen molar-refractivity contribution in [3.8, 4) is 0 Å². The Kier molecular flexibility index (Phi) is 8.04. The van der Waals surface area contributed by atoms with E-state index in [0.717, 1.165) is 45.8 Å². The van der Waals surface area contributed by atoms with Crippen LogP contribution in [0.2, 0.25) is 0 Å². The molecule has 8 aliphatic rings. The Labute approximate surface area is 290 Å². The summed E-state index contributed by atoms with van der Waals surface area (Å²) in [5.74, 6) is 1.83. The first-order valence-corrected chi connectivity index (χ1v) is 19.8. The van der Waals surface area contributed by atoms with E-state index in [1.165, 1.54) is 38.5 Å². The van der Waals surface area contributed by atoms with Crippen molar-refractivity contribution in [1.82, 2.24) is 4.90 Å². The van der Waals surface area contributed by atoms with E-state index in [2.05, 4.69) is 46.4 Å². The second-order valence-corrected chi connectivity index (χ2v) is 19.9. The minimum absolute atomic E-state index is 0.0198. The van der Waals surface area contributed by atoms with E-state index >= 15 is 0 Å². The quantitative estimate of drug-likeness (QED) is 0.350. The number of hydrogen-bond donors (Lipinski definition) is 2. The molecule has 0 aromatic carbocycles. The molecule has 0 bridgehead atoms. The third-order valence-corrected chi connectivity index (χ3v) is 17.1. The molecule has 8 rings (SSSR count). The van der Waals surface area contributed by atoms with Crippen molar-refractivity contribution >= 4 is 0 Å². The maximum absolute atomic E-state index is 12.6. The number of ether oxygens (including phenoxy) is 5. The van der Waals surface area contributed by atoms with Gasteiger partial charge in [0.05, 0.1) is 61.9 Å². The first-order chi connectivity index (χ1) is 22.5. The second kappa shape index (κ2) is 11.1. The highest BCUT2D eigenvalue weighted by molar-refractivity contribution is 5.33. The average molecular weight is 674 g/mol. The summed E-state index contributed by atoms with van der Waals surface area (Å²) in [4.78, 5) is 2.53. The van der Waals surface area contributed by atoms with Crippen LogP contribution in [0.1, 0.15) is 114 Å². The minimum atomic E-state index is -1.01. The van der Waals surface area contributed by atoms with E-state index in [9.17, 15) is 10.2 Å². The lowest BCUT2D eigenvalue weighted by atomic mass is 9.41. The molecule has 5 aliphatic carbocycles. The van der Waals surface area contributed by atoms with E-state index in [-0.39, 0.29) is 46.4 Å². The van der Waals surface area contributed by atoms with Crippen molar-refractivity contribution < 1.29 is 33.9 Å². The number of hydrogen-bond acceptors (Lipinski definition) is 8. The molecule has 14 atom stereocenters. The summed E-state index contributed by atoms with van der Waals surface area (Å²) in [7, 11) is 0. The zero-order chi connectivity index (χ0) is 34.3. The van der Waals surface area contributed by atoms with Gasteiger partial charge < -0.3 is 33.9 Å². The van der Waals surface area contributed by atoms with Gasteiger partial charge in [0.1, 0.15) is 6.10 Å². The van der Waals surface area contributed by atoms with Crippen molar-refractivity contribution in [3.05, 3.63) is 0 Å². The van der Waals surface area contributed by atoms with Crippen molar-refractivity contribution in [2.45, 2.75) is 162 Å². The van der Waals surface area contributed by atoms with Crippen LogP contribution >= 0.6 is 0 Å². The minimum Gasteiger partial charge on any atom is -0.390 e. The first kappa shape index (κ1) is 34.7. The molecule has 0 amide bonds. The summed E-state index contributed by atoms with van der Waals surface area (Å²) >= 11 is 0. The van der Waals surface area contributed by atoms with Crippen molar-refractivity contribution in [2.24, 2.45) is 50.7 Å². The van der Waals surface area contributed by atoms with Gasteiger partial charge in [-0.15, -0.1) is 0 Å². The van der Waals surface area contributed by atoms with Crippen LogP contribution in [0.5, 0.6) is 0 Å². The van der Waals surface area contributed by atoms with Crippen molar-refractivity contribution in [1.29, 1.82) is 0 Å². The van der Waals surface area contributed by atoms with E-state index in [1.807, 2.05) is 20.8 Å². The fourth-order valence-corrected chi connectivity index (χ4v) is 14.7. The predicted octanol–water partition coefficient (Wildman–Crippen LogP) is 5.81. The monoisotopic (exact) mass is 673 g/mol. The van der Waals surface area contributed by atoms with Gasteiger partial charge in [0.25, 0.3) is 0 Å². The lowest BCUT2D eigenvalue weighted by Gasteiger charge is -2.64. The van der Waals surface area contributed by atoms with Gasteiger partial charge >= 0.3 is 0 Å². The summed E-state index contributed by atoms with van der Waals surface area (Å²) in [5, 5.41) is 23.7. The van der Waals surface area contributed by atoms with Crippen molar-refractivity contribution in [3.63, 3.8) is 0 Å². The summed E-state index contributed by atoms with van der Waals surface area (Å²) in [6, 6.07) is 0. The average Bonchev–Trinajstić information content (AvgIpc) is 3.64. The van der Waals surface area contributed by atoms with Crippen LogP contribution in [0.4, 0.5) is 0 Å². The van der Waals surface area contributed by atoms with E-state index in [4.69, 9.17) is 23.7 Å². The molecule has 8 nitrogen and oxygen atoms in total. The Morgan fingerprint density at radius 1 is 0.979 bits per heavy atom. The first-order valence-electron chi connectivity index (χ1n) is 19.8. The predicted molar refractivity (Wildman–Crippen MR) is 183 cm³/mol. The fourth-order valence-electron chi connectivity index (χ4n) is 14.7. The number of aliphatic hydroxyl groups is 2. The molecule has 3 saturated heterocycles. The van der Waals surface area contributed by atoms with Crippen LogP contribution < -0.4 is 0 Å². The van der Waals surface area contributed by atoms with Crippen LogP contribution in [0.15, 0.2) is 0 Å². The molecule has 0 aromatic heterocycles. The van der Waals surface area contributed by atoms with Crippen LogP contribution in [-0.2, 0) is 23.7 Å². The normalized spacial score (nSPS) is 52.9. The van der Waals surface area contributed by atoms with Gasteiger partial charge in [-0.1, -0.05) is 34.6 Å². The zero-order valence-corrected chi connectivity index (χ0v) is 31.6. The van der Waals surface area contributed by atoms with Gasteiger partial charge in [-0.3, -0.25) is 4.90 Å². The molecule has 5 saturated carbocycles. The van der Waals surface area contributed by atoms with Crippen LogP contribution in [-0.4, -0.2) is 103 Å². The van der Waals surface area contributed by atoms with Crippen LogP contribution in [0.25, 0.3) is 0 Å². The summed E-state index contributed by atoms with van der Waals surface area (Å²) in [6.45, 7) is 25.0. The molecule has 48 heavy (non-hydrogen) atoms. The van der Waals surface area contributed by atoms with E-state index < -0.39 is 17.8 Å². The molecular formula is C40H67NO7. The maximum Gasteiger partial charge on any atom is 0.170 e. The van der Waals surface area contributed by atoms with Gasteiger partial charge in [0.15, 0.2) is 6.29 Å². The lowest BCUT2D eigenvalue weighted by Crippen LogP contribution is -2.64. The van der Waals surface area contributed by atoms with Crippen LogP contribution in [0, 0.1) is 50.7 Å². The summed E-state index contributed by atoms with van der Waals surface area (Å²) < 4.78 is 31.9. The Hall–Kier alpha value is -0.320. The smallest absolute Gasteiger partial charge is 0.170 e. The molecule has 2 unspecified atom stereocenters. The van der Waals surface area contributed by atoms with Crippen LogP contribution in [0.3, 0.4) is 0 Å². The Morgan fingerprint density at radius 3 is 2.35 bits per heavy atom. The third kappa shape index (κ3) is 4.48. The maximum atomic E-state index is 12.6. The SMILES string of the molecule is CCO[C@@H]([C@H]1C[C@@H](C)[C@H]2[C@H](O1)[C@H](O)[C@@]1(C)[C@@H]3CC[C@H]4C(C)(C)[C@@H](O[C@H]5CN(C6(C)COC6)CCO5)CCC45CC35CC[C@]21C)C(C)(C)O. The summed E-state index contributed by atoms with van der Waals surface area (Å²) in [6.07, 6.45) is 8.01. The molecule has 3 heterocycles. The number of rotatable bonds is 7. The molecule has 2 N–H and O–H groups in total. The zero-order valence-electron chi connectivity index (χ0n) is 31.6. The molecule has 8 fully saturated rings. The Bertz CT molecular complexity index is 1250. The van der Waals surface area contributed by atoms with Gasteiger partial charge in [0.2, 0.25) is 0 Å². The Balaban J connectivity index is 1.02. The third-order valence-electron chi connectivity index (χ3n) is 17.1. The van der Waals surface area contributed by atoms with Gasteiger partial charge in [-0.05, 0) is 124 Å². The van der Waals surface area contributed by atoms with E-state index in [1.54, 1.807) is 0 Å². The Morgan fingerprint density at radius 2 is 1.69 bits per heavy atom. The molecule has 8 heteroatoms. The fraction of sp³-hybridized carbons (Fsp3) is 1.00. The molecular weight excluding hydrogens is 606 g/mol. The molecule has 2 spiro atoms. The second-order valence-electron chi connectivity index (χ2n) is 19.9. The highest BCUT2D eigenvalue weighted by Gasteiger charge is 2.84. The molecule has 0 radical (unpaired) electrons. The number of nitrogens with zero attached hydrogens (tertiary/aromatic N) is 1. The highest BCUT2D eigenvalue weighted by Crippen LogP contribution is 2.89. The van der Waals surface area contributed by atoms with Gasteiger partial charge in [0, 0.05) is 18.6 Å². The largest absolute Gasteiger partial charge is 0.390 e. The van der Waals surface area contributed by atoms with Gasteiger partial charge in [-0.2, -0.15) is 0 Å². The standard InChI is InChI=1S/C40H67NO7/c1-10-45-33(35(5,6)43)25-19-24(2)30-31(47-25)32(42)38(9)27-12-11-26-34(3,4)28(13-14-39(26)21-40(27,39)16-15-37(30,38)8)48-29-20-41(17-18-46-29)36(7)22-44-23-36/h24-33,42-43H,10-23H2,1-9H3/t24-,25-,26+,27+,28+,29+,30+,31+,32+,33+,37-,38-,39?,40?/m1/s1. The lowest BCUT2D eigenvalue weighted by molar-refractivity contribution is -0.265. The summed E-state index contributed by atoms with van der Waals surface area (Å²) in [5.41, 5.74) is -0.346.